The number of carbonyl (C=O) groups is 2. The number of hydrogen-bond donors (Lipinski definition) is 2. The van der Waals surface area contributed by atoms with Gasteiger partial charge in [0.1, 0.15) is 19.3 Å². The topological polar surface area (TPSA) is 111 Å². The minimum atomic E-state index is -4.47. The summed E-state index contributed by atoms with van der Waals surface area (Å²) in [5.74, 6) is -0.526. The van der Waals surface area contributed by atoms with Crippen LogP contribution in [0.4, 0.5) is 0 Å². The van der Waals surface area contributed by atoms with Crippen LogP contribution in [0.2, 0.25) is 0 Å². The van der Waals surface area contributed by atoms with Gasteiger partial charge in [-0.2, -0.15) is 0 Å². The van der Waals surface area contributed by atoms with E-state index in [1.165, 1.54) is 199 Å². The van der Waals surface area contributed by atoms with Gasteiger partial charge in [0.15, 0.2) is 0 Å². The van der Waals surface area contributed by atoms with Gasteiger partial charge in [-0.3, -0.25) is 18.6 Å². The lowest BCUT2D eigenvalue weighted by atomic mass is 10.0. The highest BCUT2D eigenvalue weighted by molar-refractivity contribution is 7.47. The number of likely N-dealkylation sites (N-methyl/N-ethyl adjacent to an activating group) is 1. The van der Waals surface area contributed by atoms with E-state index in [9.17, 15) is 19.0 Å². The zero-order valence-corrected chi connectivity index (χ0v) is 60.1. The number of unbranched alkanes of at least 4 members (excludes halogenated alkanes) is 38. The van der Waals surface area contributed by atoms with Crippen molar-refractivity contribution in [2.75, 3.05) is 40.9 Å². The Balaban J connectivity index is 5.07. The third-order valence-corrected chi connectivity index (χ3v) is 17.5. The maximum Gasteiger partial charge on any atom is 0.472 e. The summed E-state index contributed by atoms with van der Waals surface area (Å²) in [4.78, 5) is 38.0. The van der Waals surface area contributed by atoms with Crippen molar-refractivity contribution in [3.05, 3.63) is 97.2 Å². The Hall–Kier alpha value is -3.07. The zero-order chi connectivity index (χ0) is 64.9. The summed E-state index contributed by atoms with van der Waals surface area (Å²) in [5.41, 5.74) is 0. The van der Waals surface area contributed by atoms with Crippen molar-refractivity contribution in [1.29, 1.82) is 0 Å². The Morgan fingerprint density at radius 2 is 0.719 bits per heavy atom. The Labute approximate surface area is 551 Å². The summed E-state index contributed by atoms with van der Waals surface area (Å²) in [7, 11) is 1.48. The molecular weight excluding hydrogens is 1120 g/mol. The van der Waals surface area contributed by atoms with Gasteiger partial charge < -0.3 is 19.4 Å². The minimum absolute atomic E-state index is 0.0331. The summed E-state index contributed by atoms with van der Waals surface area (Å²) >= 11 is 0. The van der Waals surface area contributed by atoms with Gasteiger partial charge in [0, 0.05) is 12.8 Å². The van der Waals surface area contributed by atoms with Gasteiger partial charge in [0.25, 0.3) is 0 Å². The van der Waals surface area contributed by atoms with E-state index in [0.717, 1.165) is 103 Å². The lowest BCUT2D eigenvalue weighted by Gasteiger charge is -2.27. The quantitative estimate of drug-likeness (QED) is 0.0205. The fourth-order valence-electron chi connectivity index (χ4n) is 10.8. The molecule has 0 fully saturated rings. The second-order valence-electron chi connectivity index (χ2n) is 26.4. The molecule has 3 atom stereocenters. The maximum atomic E-state index is 13.7. The van der Waals surface area contributed by atoms with E-state index in [0.29, 0.717) is 23.9 Å². The number of hydrogen-bond acceptors (Lipinski definition) is 6. The highest BCUT2D eigenvalue weighted by Crippen LogP contribution is 2.43. The zero-order valence-electron chi connectivity index (χ0n) is 59.2. The number of phosphoric ester groups is 1. The lowest BCUT2D eigenvalue weighted by molar-refractivity contribution is -0.870. The van der Waals surface area contributed by atoms with Crippen LogP contribution in [0.5, 0.6) is 0 Å². The Morgan fingerprint density at radius 3 is 1.09 bits per heavy atom. The normalized spacial score (nSPS) is 14.0. The number of nitrogens with one attached hydrogen (secondary N) is 1. The van der Waals surface area contributed by atoms with Crippen molar-refractivity contribution in [2.24, 2.45) is 0 Å². The first-order valence-corrected chi connectivity index (χ1v) is 39.1. The number of carbonyl (C=O) groups excluding carboxylic acids is 2. The van der Waals surface area contributed by atoms with E-state index in [1.807, 2.05) is 33.3 Å². The second-order valence-corrected chi connectivity index (χ2v) is 27.9. The summed E-state index contributed by atoms with van der Waals surface area (Å²) in [6.45, 7) is 6.91. The van der Waals surface area contributed by atoms with Crippen molar-refractivity contribution in [2.45, 2.75) is 354 Å². The van der Waals surface area contributed by atoms with Gasteiger partial charge in [0.05, 0.1) is 33.8 Å². The average Bonchev–Trinajstić information content (AvgIpc) is 3.57. The predicted octanol–water partition coefficient (Wildman–Crippen LogP) is 24.2. The Kier molecular flexibility index (Phi) is 65.5. The standard InChI is InChI=1S/C79H143N2O7P/c1-7-10-13-16-19-22-25-28-30-32-34-36-38-39-40-41-43-44-46-48-50-53-56-59-62-65-68-71-78(82)80-76(75-87-89(84,85)86-74-73-81(4,5)6)77(70-67-64-61-58-55-52-27-24-21-18-15-12-9-3)88-79(83)72-69-66-63-60-57-54-51-49-47-45-42-37-35-33-31-29-26-23-20-17-14-11-8-2/h11,14,20,23,28-31,35,37,45,47,51,54,67,70,76-77H,7-10,12-13,15-19,21-22,24-27,32-34,36,38-44,46,48-50,52-53,55-66,68-69,71-75H2,1-6H3,(H-,80,82,84,85)/p+1/b14-11-,23-20-,30-28+,31-29-,37-35-,47-45-,54-51-,70-67-. The van der Waals surface area contributed by atoms with Gasteiger partial charge in [-0.05, 0) is 109 Å². The highest BCUT2D eigenvalue weighted by Gasteiger charge is 2.30. The van der Waals surface area contributed by atoms with Gasteiger partial charge >= 0.3 is 13.8 Å². The fourth-order valence-corrected chi connectivity index (χ4v) is 11.5. The summed E-state index contributed by atoms with van der Waals surface area (Å²) in [5, 5.41) is 3.07. The lowest BCUT2D eigenvalue weighted by Crippen LogP contribution is -2.47. The third-order valence-electron chi connectivity index (χ3n) is 16.5. The van der Waals surface area contributed by atoms with E-state index in [-0.39, 0.29) is 31.5 Å². The summed E-state index contributed by atoms with van der Waals surface area (Å²) < 4.78 is 30.9. The molecule has 10 heteroatoms. The molecule has 516 valence electrons. The first kappa shape index (κ1) is 85.9. The highest BCUT2D eigenvalue weighted by atomic mass is 31.2. The van der Waals surface area contributed by atoms with Crippen molar-refractivity contribution < 1.29 is 37.3 Å². The number of esters is 1. The average molecular weight is 1270 g/mol. The minimum Gasteiger partial charge on any atom is -0.456 e. The Morgan fingerprint density at radius 1 is 0.404 bits per heavy atom. The summed E-state index contributed by atoms with van der Waals surface area (Å²) in [6.07, 6.45) is 92.9. The number of phosphoric acid groups is 1. The van der Waals surface area contributed by atoms with Crippen molar-refractivity contribution >= 4 is 19.7 Å². The number of nitrogens with zero attached hydrogens (tertiary/aromatic N) is 1. The molecule has 89 heavy (non-hydrogen) atoms. The maximum absolute atomic E-state index is 13.7. The van der Waals surface area contributed by atoms with Crippen LogP contribution < -0.4 is 5.32 Å². The molecule has 3 unspecified atom stereocenters. The molecule has 0 aliphatic carbocycles. The van der Waals surface area contributed by atoms with Crippen LogP contribution in [0, 0.1) is 0 Å². The van der Waals surface area contributed by atoms with E-state index >= 15 is 0 Å². The van der Waals surface area contributed by atoms with Crippen LogP contribution in [0.3, 0.4) is 0 Å². The van der Waals surface area contributed by atoms with Crippen LogP contribution in [0.15, 0.2) is 97.2 Å². The van der Waals surface area contributed by atoms with Crippen LogP contribution in [-0.4, -0.2) is 74.3 Å². The van der Waals surface area contributed by atoms with Crippen LogP contribution in [0.1, 0.15) is 342 Å². The third kappa shape index (κ3) is 69.1. The fraction of sp³-hybridized carbons (Fsp3) is 0.772. The van der Waals surface area contributed by atoms with Crippen LogP contribution in [-0.2, 0) is 27.9 Å². The van der Waals surface area contributed by atoms with Crippen molar-refractivity contribution in [3.8, 4) is 0 Å². The predicted molar refractivity (Wildman–Crippen MR) is 387 cm³/mol. The molecule has 9 nitrogen and oxygen atoms in total. The first-order chi connectivity index (χ1) is 43.4. The second kappa shape index (κ2) is 67.8. The van der Waals surface area contributed by atoms with Gasteiger partial charge in [-0.15, -0.1) is 0 Å². The molecular formula is C79H144N2O7P+. The van der Waals surface area contributed by atoms with E-state index in [1.54, 1.807) is 0 Å². The van der Waals surface area contributed by atoms with Crippen LogP contribution >= 0.6 is 7.82 Å². The van der Waals surface area contributed by atoms with Crippen molar-refractivity contribution in [1.82, 2.24) is 5.32 Å². The molecule has 0 aromatic rings. The Bertz CT molecular complexity index is 1840. The number of ether oxygens (including phenoxy) is 1. The molecule has 0 aromatic heterocycles. The number of quaternary nitrogens is 1. The number of rotatable bonds is 68. The molecule has 0 aliphatic heterocycles. The molecule has 0 aliphatic rings. The van der Waals surface area contributed by atoms with E-state index in [4.69, 9.17) is 13.8 Å². The van der Waals surface area contributed by atoms with Gasteiger partial charge in [-0.1, -0.05) is 317 Å². The summed E-state index contributed by atoms with van der Waals surface area (Å²) in [6, 6.07) is -0.865. The molecule has 0 saturated heterocycles. The molecule has 2 N–H and O–H groups in total. The van der Waals surface area contributed by atoms with E-state index in [2.05, 4.69) is 111 Å². The smallest absolute Gasteiger partial charge is 0.456 e. The number of allylic oxidation sites excluding steroid dienone is 15. The first-order valence-electron chi connectivity index (χ1n) is 37.6. The SMILES string of the molecule is CC/C=C\C/C=C\C/C=C\C/C=C\C/C=C\C/C=C\CCCCCCC(=O)OC(/C=C\CCCCCCCCCCCCC)C(COP(=O)(O)OCC[N+](C)(C)C)NC(=O)CCCCCCCCCCCCCCCCCCC/C=C/CCCCCCCC. The molecule has 0 radical (unpaired) electrons. The molecule has 1 amide bonds. The number of amides is 1. The molecule has 0 spiro atoms. The monoisotopic (exact) mass is 1260 g/mol. The van der Waals surface area contributed by atoms with E-state index < -0.39 is 20.0 Å². The van der Waals surface area contributed by atoms with Gasteiger partial charge in [0.2, 0.25) is 5.91 Å². The molecule has 0 heterocycles. The largest absolute Gasteiger partial charge is 0.472 e. The van der Waals surface area contributed by atoms with Gasteiger partial charge in [-0.25, -0.2) is 4.57 Å². The molecule has 0 aromatic carbocycles. The molecule has 0 bridgehead atoms. The molecule has 0 saturated carbocycles. The molecule has 0 rings (SSSR count). The van der Waals surface area contributed by atoms with Crippen molar-refractivity contribution in [3.63, 3.8) is 0 Å². The van der Waals surface area contributed by atoms with Crippen LogP contribution in [0.25, 0.3) is 0 Å².